The predicted octanol–water partition coefficient (Wildman–Crippen LogP) is 2.46. The third-order valence-electron chi connectivity index (χ3n) is 4.50. The molecule has 1 fully saturated rings. The zero-order chi connectivity index (χ0) is 17.8. The van der Waals surface area contributed by atoms with Crippen LogP contribution in [0.5, 0.6) is 11.5 Å². The van der Waals surface area contributed by atoms with Crippen LogP contribution in [0.2, 0.25) is 0 Å². The van der Waals surface area contributed by atoms with Gasteiger partial charge in [0, 0.05) is 18.7 Å². The predicted molar refractivity (Wildman–Crippen MR) is 93.1 cm³/mol. The van der Waals surface area contributed by atoms with Gasteiger partial charge in [0.2, 0.25) is 0 Å². The molecule has 1 aliphatic rings. The smallest absolute Gasteiger partial charge is 0.306 e. The molecular weight excluding hydrogens is 322 g/mol. The summed E-state index contributed by atoms with van der Waals surface area (Å²) in [4.78, 5) is 13.1. The van der Waals surface area contributed by atoms with E-state index in [2.05, 4.69) is 15.1 Å². The number of piperidine rings is 1. The molecule has 0 aliphatic carbocycles. The van der Waals surface area contributed by atoms with Crippen LogP contribution >= 0.6 is 0 Å². The van der Waals surface area contributed by atoms with Gasteiger partial charge in [0.25, 0.3) is 0 Å². The number of aliphatic carboxylic acids is 1. The molecule has 0 saturated carbocycles. The summed E-state index contributed by atoms with van der Waals surface area (Å²) in [7, 11) is 3.22. The Morgan fingerprint density at radius 2 is 1.88 bits per heavy atom. The Morgan fingerprint density at radius 1 is 1.12 bits per heavy atom. The number of carboxylic acids is 1. The molecule has 2 heterocycles. The van der Waals surface area contributed by atoms with Crippen molar-refractivity contribution in [3.63, 3.8) is 0 Å². The molecule has 0 spiro atoms. The van der Waals surface area contributed by atoms with E-state index in [0.717, 1.165) is 17.1 Å². The number of aromatic nitrogens is 2. The van der Waals surface area contributed by atoms with Gasteiger partial charge in [-0.25, -0.2) is 0 Å². The number of methoxy groups -OCH3 is 2. The second kappa shape index (κ2) is 7.38. The molecule has 7 heteroatoms. The first-order valence-corrected chi connectivity index (χ1v) is 8.16. The fourth-order valence-electron chi connectivity index (χ4n) is 3.01. The Morgan fingerprint density at radius 3 is 2.44 bits per heavy atom. The van der Waals surface area contributed by atoms with Crippen molar-refractivity contribution in [2.45, 2.75) is 12.8 Å². The van der Waals surface area contributed by atoms with Crippen molar-refractivity contribution >= 4 is 11.8 Å². The number of ether oxygens (including phenoxy) is 2. The van der Waals surface area contributed by atoms with Crippen molar-refractivity contribution in [3.05, 3.63) is 30.3 Å². The van der Waals surface area contributed by atoms with Crippen LogP contribution in [-0.4, -0.2) is 48.6 Å². The summed E-state index contributed by atoms with van der Waals surface area (Å²) >= 11 is 0. The molecule has 3 rings (SSSR count). The van der Waals surface area contributed by atoms with E-state index in [9.17, 15) is 4.79 Å². The highest BCUT2D eigenvalue weighted by Crippen LogP contribution is 2.32. The van der Waals surface area contributed by atoms with Crippen molar-refractivity contribution in [2.24, 2.45) is 5.92 Å². The lowest BCUT2D eigenvalue weighted by atomic mass is 9.97. The summed E-state index contributed by atoms with van der Waals surface area (Å²) in [5.41, 5.74) is 1.51. The Balaban J connectivity index is 1.78. The maximum Gasteiger partial charge on any atom is 0.306 e. The van der Waals surface area contributed by atoms with E-state index in [1.165, 1.54) is 0 Å². The van der Waals surface area contributed by atoms with Gasteiger partial charge in [-0.15, -0.1) is 10.2 Å². The molecule has 1 aliphatic heterocycles. The molecule has 132 valence electrons. The van der Waals surface area contributed by atoms with E-state index in [4.69, 9.17) is 14.6 Å². The van der Waals surface area contributed by atoms with Crippen LogP contribution in [0.1, 0.15) is 12.8 Å². The van der Waals surface area contributed by atoms with Crippen molar-refractivity contribution in [1.29, 1.82) is 0 Å². The lowest BCUT2D eigenvalue weighted by molar-refractivity contribution is -0.142. The zero-order valence-electron chi connectivity index (χ0n) is 14.3. The van der Waals surface area contributed by atoms with Crippen LogP contribution in [0.3, 0.4) is 0 Å². The van der Waals surface area contributed by atoms with E-state index in [-0.39, 0.29) is 5.92 Å². The first kappa shape index (κ1) is 17.0. The first-order chi connectivity index (χ1) is 12.1. The van der Waals surface area contributed by atoms with Crippen LogP contribution in [0.25, 0.3) is 11.3 Å². The van der Waals surface area contributed by atoms with E-state index in [1.807, 2.05) is 30.3 Å². The largest absolute Gasteiger partial charge is 0.497 e. The quantitative estimate of drug-likeness (QED) is 0.892. The van der Waals surface area contributed by atoms with Crippen LogP contribution in [0, 0.1) is 5.92 Å². The van der Waals surface area contributed by atoms with Gasteiger partial charge >= 0.3 is 5.97 Å². The third-order valence-corrected chi connectivity index (χ3v) is 4.50. The van der Waals surface area contributed by atoms with Crippen LogP contribution in [0.4, 0.5) is 5.82 Å². The van der Waals surface area contributed by atoms with Gasteiger partial charge in [-0.1, -0.05) is 0 Å². The van der Waals surface area contributed by atoms with Gasteiger partial charge in [0.15, 0.2) is 5.82 Å². The highest BCUT2D eigenvalue weighted by molar-refractivity contribution is 5.71. The summed E-state index contributed by atoms with van der Waals surface area (Å²) in [5.74, 6) is 1.20. The molecule has 1 aromatic carbocycles. The van der Waals surface area contributed by atoms with E-state index in [0.29, 0.717) is 37.4 Å². The van der Waals surface area contributed by atoms with Gasteiger partial charge in [-0.3, -0.25) is 4.79 Å². The van der Waals surface area contributed by atoms with Crippen molar-refractivity contribution in [3.8, 4) is 22.8 Å². The second-order valence-electron chi connectivity index (χ2n) is 5.94. The van der Waals surface area contributed by atoms with Crippen molar-refractivity contribution in [1.82, 2.24) is 10.2 Å². The Kier molecular flexibility index (Phi) is 5.02. The van der Waals surface area contributed by atoms with Gasteiger partial charge < -0.3 is 19.5 Å². The van der Waals surface area contributed by atoms with E-state index >= 15 is 0 Å². The molecule has 0 amide bonds. The number of anilines is 1. The lowest BCUT2D eigenvalue weighted by Gasteiger charge is -2.30. The molecule has 25 heavy (non-hydrogen) atoms. The molecule has 2 aromatic rings. The number of carbonyl (C=O) groups is 1. The van der Waals surface area contributed by atoms with Gasteiger partial charge in [0.05, 0.1) is 25.8 Å². The van der Waals surface area contributed by atoms with Crippen LogP contribution in [0.15, 0.2) is 30.3 Å². The molecule has 0 atom stereocenters. The van der Waals surface area contributed by atoms with E-state index in [1.54, 1.807) is 14.2 Å². The molecule has 0 radical (unpaired) electrons. The average molecular weight is 343 g/mol. The van der Waals surface area contributed by atoms with Gasteiger partial charge in [0.1, 0.15) is 11.5 Å². The normalized spacial score (nSPS) is 15.0. The number of hydrogen-bond acceptors (Lipinski definition) is 6. The highest BCUT2D eigenvalue weighted by Gasteiger charge is 2.25. The Labute approximate surface area is 146 Å². The minimum Gasteiger partial charge on any atom is -0.497 e. The van der Waals surface area contributed by atoms with Crippen molar-refractivity contribution < 1.29 is 19.4 Å². The highest BCUT2D eigenvalue weighted by atomic mass is 16.5. The maximum atomic E-state index is 11.0. The zero-order valence-corrected chi connectivity index (χ0v) is 14.3. The van der Waals surface area contributed by atoms with Gasteiger partial charge in [-0.05, 0) is 43.2 Å². The topological polar surface area (TPSA) is 84.8 Å². The fourth-order valence-corrected chi connectivity index (χ4v) is 3.01. The standard InChI is InChI=1S/C18H21N3O4/c1-24-13-3-5-16(25-2)14(11-13)15-4-6-17(20-19-15)21-9-7-12(8-10-21)18(22)23/h3-6,11-12H,7-10H2,1-2H3,(H,22,23). The monoisotopic (exact) mass is 343 g/mol. The fraction of sp³-hybridized carbons (Fsp3) is 0.389. The number of benzene rings is 1. The van der Waals surface area contributed by atoms with Gasteiger partial charge in [-0.2, -0.15) is 0 Å². The summed E-state index contributed by atoms with van der Waals surface area (Å²) < 4.78 is 10.7. The molecular formula is C18H21N3O4. The number of carboxylic acid groups (broad SMARTS) is 1. The minimum absolute atomic E-state index is 0.260. The molecule has 0 unspecified atom stereocenters. The third kappa shape index (κ3) is 3.65. The first-order valence-electron chi connectivity index (χ1n) is 8.16. The summed E-state index contributed by atoms with van der Waals surface area (Å²) in [6, 6.07) is 9.32. The molecule has 1 N–H and O–H groups in total. The summed E-state index contributed by atoms with van der Waals surface area (Å²) in [5, 5.41) is 17.7. The lowest BCUT2D eigenvalue weighted by Crippen LogP contribution is -2.36. The average Bonchev–Trinajstić information content (AvgIpc) is 2.67. The Hall–Kier alpha value is -2.83. The van der Waals surface area contributed by atoms with Crippen molar-refractivity contribution in [2.75, 3.05) is 32.2 Å². The molecule has 7 nitrogen and oxygen atoms in total. The SMILES string of the molecule is COc1ccc(OC)c(-c2ccc(N3CCC(C(=O)O)CC3)nn2)c1. The summed E-state index contributed by atoms with van der Waals surface area (Å²) in [6.07, 6.45) is 1.25. The number of nitrogens with zero attached hydrogens (tertiary/aromatic N) is 3. The number of rotatable bonds is 5. The molecule has 0 bridgehead atoms. The molecule has 1 aromatic heterocycles. The van der Waals surface area contributed by atoms with E-state index < -0.39 is 5.97 Å². The maximum absolute atomic E-state index is 11.0. The number of hydrogen-bond donors (Lipinski definition) is 1. The van der Waals surface area contributed by atoms with Crippen LogP contribution < -0.4 is 14.4 Å². The minimum atomic E-state index is -0.716. The summed E-state index contributed by atoms with van der Waals surface area (Å²) in [6.45, 7) is 1.35. The Bertz CT molecular complexity index is 740. The van der Waals surface area contributed by atoms with Crippen LogP contribution in [-0.2, 0) is 4.79 Å². The second-order valence-corrected chi connectivity index (χ2v) is 5.94. The molecule has 1 saturated heterocycles.